The molecule has 0 aliphatic rings. The van der Waals surface area contributed by atoms with E-state index in [1.54, 1.807) is 0 Å². The first kappa shape index (κ1) is 16.9. The fourth-order valence-electron chi connectivity index (χ4n) is 3.86. The molecule has 0 fully saturated rings. The Morgan fingerprint density at radius 3 is 1.79 bits per heavy atom. The Balaban J connectivity index is 1.95. The third kappa shape index (κ3) is 2.81. The van der Waals surface area contributed by atoms with E-state index in [9.17, 15) is 0 Å². The van der Waals surface area contributed by atoms with E-state index in [4.69, 9.17) is 11.6 Å². The molecule has 0 saturated carbocycles. The molecule has 4 aromatic carbocycles. The lowest BCUT2D eigenvalue weighted by atomic mass is 9.98. The summed E-state index contributed by atoms with van der Waals surface area (Å²) in [5.41, 5.74) is 7.12. The molecular weight excluding hydrogens is 362 g/mol. The normalized spacial score (nSPS) is 11.0. The van der Waals surface area contributed by atoms with E-state index in [-0.39, 0.29) is 0 Å². The lowest BCUT2D eigenvalue weighted by Gasteiger charge is -2.13. The minimum atomic E-state index is 0.741. The number of aromatic nitrogens is 1. The largest absolute Gasteiger partial charge is 0.309 e. The third-order valence-corrected chi connectivity index (χ3v) is 5.32. The van der Waals surface area contributed by atoms with Gasteiger partial charge in [-0.3, -0.25) is 0 Å². The number of hydrogen-bond acceptors (Lipinski definition) is 0. The van der Waals surface area contributed by atoms with E-state index in [1.807, 2.05) is 12.1 Å². The summed E-state index contributed by atoms with van der Waals surface area (Å²) in [5.74, 6) is 0. The van der Waals surface area contributed by atoms with E-state index < -0.39 is 0 Å². The monoisotopic (exact) mass is 379 g/mol. The van der Waals surface area contributed by atoms with Gasteiger partial charge in [-0.25, -0.2) is 0 Å². The molecule has 0 aliphatic heterocycles. The third-order valence-electron chi connectivity index (χ3n) is 5.07. The van der Waals surface area contributed by atoms with Gasteiger partial charge in [-0.1, -0.05) is 90.5 Å². The first-order chi connectivity index (χ1) is 13.8. The Morgan fingerprint density at radius 2 is 1.11 bits per heavy atom. The Kier molecular flexibility index (Phi) is 4.23. The van der Waals surface area contributed by atoms with Gasteiger partial charge in [0.1, 0.15) is 0 Å². The molecule has 0 saturated heterocycles. The number of benzene rings is 4. The number of para-hydroxylation sites is 1. The second kappa shape index (κ2) is 7.03. The molecule has 0 atom stereocenters. The van der Waals surface area contributed by atoms with Crippen molar-refractivity contribution in [2.24, 2.45) is 0 Å². The van der Waals surface area contributed by atoms with Crippen LogP contribution in [0.4, 0.5) is 0 Å². The fourth-order valence-corrected chi connectivity index (χ4v) is 3.99. The van der Waals surface area contributed by atoms with Crippen LogP contribution in [-0.2, 0) is 0 Å². The number of halogens is 1. The van der Waals surface area contributed by atoms with Gasteiger partial charge in [0.15, 0.2) is 0 Å². The molecule has 0 N–H and O–H groups in total. The summed E-state index contributed by atoms with van der Waals surface area (Å²) in [6.07, 6.45) is 0. The van der Waals surface area contributed by atoms with Crippen LogP contribution in [0.1, 0.15) is 0 Å². The summed E-state index contributed by atoms with van der Waals surface area (Å²) in [6.45, 7) is 0. The zero-order chi connectivity index (χ0) is 18.9. The molecule has 134 valence electrons. The SMILES string of the molecule is Clc1ccc(-n2c(-c3ccccc3)c(-c3ccccc3)c3ccccc32)cc1. The van der Waals surface area contributed by atoms with Crippen LogP contribution in [0.2, 0.25) is 5.02 Å². The smallest absolute Gasteiger partial charge is 0.0619 e. The van der Waals surface area contributed by atoms with Crippen molar-refractivity contribution in [3.63, 3.8) is 0 Å². The summed E-state index contributed by atoms with van der Waals surface area (Å²) < 4.78 is 2.34. The molecule has 0 radical (unpaired) electrons. The minimum absolute atomic E-state index is 0.741. The van der Waals surface area contributed by atoms with Crippen molar-refractivity contribution in [1.82, 2.24) is 4.57 Å². The maximum absolute atomic E-state index is 6.17. The number of hydrogen-bond donors (Lipinski definition) is 0. The van der Waals surface area contributed by atoms with Crippen LogP contribution in [0.25, 0.3) is 39.0 Å². The van der Waals surface area contributed by atoms with Gasteiger partial charge in [-0.15, -0.1) is 0 Å². The van der Waals surface area contributed by atoms with Crippen LogP contribution in [0.15, 0.2) is 109 Å². The van der Waals surface area contributed by atoms with E-state index >= 15 is 0 Å². The molecule has 1 aromatic heterocycles. The van der Waals surface area contributed by atoms with Crippen molar-refractivity contribution < 1.29 is 0 Å². The Morgan fingerprint density at radius 1 is 0.536 bits per heavy atom. The number of rotatable bonds is 3. The summed E-state index contributed by atoms with van der Waals surface area (Å²) in [6, 6.07) is 37.8. The number of nitrogens with zero attached hydrogens (tertiary/aromatic N) is 1. The molecule has 1 nitrogen and oxygen atoms in total. The molecule has 5 rings (SSSR count). The van der Waals surface area contributed by atoms with Gasteiger partial charge in [0.2, 0.25) is 0 Å². The quantitative estimate of drug-likeness (QED) is 0.304. The second-order valence-corrected chi connectivity index (χ2v) is 7.22. The van der Waals surface area contributed by atoms with E-state index in [0.717, 1.165) is 10.7 Å². The molecule has 0 bridgehead atoms. The first-order valence-electron chi connectivity index (χ1n) is 9.33. The zero-order valence-corrected chi connectivity index (χ0v) is 16.0. The molecular formula is C26H18ClN. The molecule has 0 unspecified atom stereocenters. The van der Waals surface area contributed by atoms with Crippen LogP contribution in [0.5, 0.6) is 0 Å². The van der Waals surface area contributed by atoms with E-state index in [1.165, 1.54) is 33.3 Å². The maximum atomic E-state index is 6.17. The van der Waals surface area contributed by atoms with Crippen molar-refractivity contribution in [3.8, 4) is 28.1 Å². The van der Waals surface area contributed by atoms with Crippen molar-refractivity contribution >= 4 is 22.5 Å². The zero-order valence-electron chi connectivity index (χ0n) is 15.2. The molecule has 2 heteroatoms. The molecule has 0 aliphatic carbocycles. The molecule has 0 spiro atoms. The highest BCUT2D eigenvalue weighted by Crippen LogP contribution is 2.42. The van der Waals surface area contributed by atoms with Crippen molar-refractivity contribution in [2.45, 2.75) is 0 Å². The lowest BCUT2D eigenvalue weighted by Crippen LogP contribution is -1.97. The van der Waals surface area contributed by atoms with Gasteiger partial charge in [0.05, 0.1) is 11.2 Å². The topological polar surface area (TPSA) is 4.93 Å². The minimum Gasteiger partial charge on any atom is -0.309 e. The average molecular weight is 380 g/mol. The first-order valence-corrected chi connectivity index (χ1v) is 9.71. The van der Waals surface area contributed by atoms with Gasteiger partial charge in [-0.05, 0) is 41.5 Å². The predicted octanol–water partition coefficient (Wildman–Crippen LogP) is 7.62. The molecule has 0 amide bonds. The standard InChI is InChI=1S/C26H18ClN/c27-21-15-17-22(18-16-21)28-24-14-8-7-13-23(24)25(19-9-3-1-4-10-19)26(28)20-11-5-2-6-12-20/h1-18H. The van der Waals surface area contributed by atoms with Gasteiger partial charge in [-0.2, -0.15) is 0 Å². The summed E-state index contributed by atoms with van der Waals surface area (Å²) in [5, 5.41) is 1.98. The maximum Gasteiger partial charge on any atom is 0.0619 e. The van der Waals surface area contributed by atoms with Crippen LogP contribution in [0.3, 0.4) is 0 Å². The lowest BCUT2D eigenvalue weighted by molar-refractivity contribution is 1.13. The van der Waals surface area contributed by atoms with Crippen LogP contribution in [0, 0.1) is 0 Å². The second-order valence-electron chi connectivity index (χ2n) is 6.78. The average Bonchev–Trinajstić information content (AvgIpc) is 3.11. The highest BCUT2D eigenvalue weighted by Gasteiger charge is 2.20. The van der Waals surface area contributed by atoms with Crippen LogP contribution >= 0.6 is 11.6 Å². The molecule has 1 heterocycles. The van der Waals surface area contributed by atoms with Crippen molar-refractivity contribution in [3.05, 3.63) is 114 Å². The Bertz CT molecular complexity index is 1240. The van der Waals surface area contributed by atoms with Crippen LogP contribution < -0.4 is 0 Å². The molecule has 5 aromatic rings. The van der Waals surface area contributed by atoms with Gasteiger partial charge >= 0.3 is 0 Å². The van der Waals surface area contributed by atoms with Gasteiger partial charge in [0, 0.05) is 21.7 Å². The van der Waals surface area contributed by atoms with Gasteiger partial charge in [0.25, 0.3) is 0 Å². The number of fused-ring (bicyclic) bond motifs is 1. The summed E-state index contributed by atoms with van der Waals surface area (Å²) >= 11 is 6.17. The van der Waals surface area contributed by atoms with E-state index in [0.29, 0.717) is 0 Å². The molecule has 28 heavy (non-hydrogen) atoms. The van der Waals surface area contributed by atoms with Crippen LogP contribution in [-0.4, -0.2) is 4.57 Å². The highest BCUT2D eigenvalue weighted by atomic mass is 35.5. The predicted molar refractivity (Wildman–Crippen MR) is 119 cm³/mol. The van der Waals surface area contributed by atoms with Crippen molar-refractivity contribution in [2.75, 3.05) is 0 Å². The van der Waals surface area contributed by atoms with E-state index in [2.05, 4.69) is 102 Å². The Labute approximate surface area is 169 Å². The Hall–Kier alpha value is -3.29. The fraction of sp³-hybridized carbons (Fsp3) is 0. The highest BCUT2D eigenvalue weighted by molar-refractivity contribution is 6.30. The van der Waals surface area contributed by atoms with Crippen molar-refractivity contribution in [1.29, 1.82) is 0 Å². The van der Waals surface area contributed by atoms with Gasteiger partial charge < -0.3 is 4.57 Å². The summed E-state index contributed by atoms with van der Waals surface area (Å²) in [4.78, 5) is 0. The summed E-state index contributed by atoms with van der Waals surface area (Å²) in [7, 11) is 0.